The Bertz CT molecular complexity index is 1000. The summed E-state index contributed by atoms with van der Waals surface area (Å²) in [7, 11) is 3.15. The number of thioether (sulfide) groups is 1. The van der Waals surface area contributed by atoms with E-state index in [4.69, 9.17) is 9.47 Å². The molecule has 3 rings (SSSR count). The molecule has 0 aliphatic heterocycles. The van der Waals surface area contributed by atoms with E-state index in [0.29, 0.717) is 17.2 Å². The predicted molar refractivity (Wildman–Crippen MR) is 119 cm³/mol. The van der Waals surface area contributed by atoms with Crippen LogP contribution < -0.4 is 14.8 Å². The monoisotopic (exact) mass is 428 g/mol. The van der Waals surface area contributed by atoms with Gasteiger partial charge in [-0.25, -0.2) is 4.98 Å². The van der Waals surface area contributed by atoms with Gasteiger partial charge in [0.2, 0.25) is 5.91 Å². The molecule has 1 aromatic heterocycles. The lowest BCUT2D eigenvalue weighted by Crippen LogP contribution is -2.15. The Morgan fingerprint density at radius 2 is 1.97 bits per heavy atom. The van der Waals surface area contributed by atoms with Crippen LogP contribution in [0.3, 0.4) is 0 Å². The Morgan fingerprint density at radius 3 is 2.72 bits per heavy atom. The van der Waals surface area contributed by atoms with Gasteiger partial charge in [-0.2, -0.15) is 0 Å². The van der Waals surface area contributed by atoms with E-state index in [2.05, 4.69) is 42.3 Å². The minimum absolute atomic E-state index is 0.134. The largest absolute Gasteiger partial charge is 0.497 e. The van der Waals surface area contributed by atoms with Crippen LogP contribution >= 0.6 is 23.1 Å². The zero-order chi connectivity index (χ0) is 20.8. The highest BCUT2D eigenvalue weighted by molar-refractivity contribution is 8.00. The van der Waals surface area contributed by atoms with E-state index >= 15 is 0 Å². The second-order valence-corrected chi connectivity index (χ2v) is 8.70. The van der Waals surface area contributed by atoms with Crippen LogP contribution in [0.5, 0.6) is 11.5 Å². The molecule has 0 aliphatic rings. The highest BCUT2D eigenvalue weighted by Crippen LogP contribution is 2.30. The summed E-state index contributed by atoms with van der Waals surface area (Å²) in [6, 6.07) is 11.8. The number of thiazole rings is 1. The molecule has 0 atom stereocenters. The number of hydrogen-bond acceptors (Lipinski definition) is 6. The summed E-state index contributed by atoms with van der Waals surface area (Å²) in [4.78, 5) is 17.0. The number of rotatable bonds is 8. The van der Waals surface area contributed by atoms with Crippen molar-refractivity contribution in [2.45, 2.75) is 30.4 Å². The van der Waals surface area contributed by atoms with Crippen LogP contribution in [-0.4, -0.2) is 25.1 Å². The van der Waals surface area contributed by atoms with E-state index in [1.54, 1.807) is 55.5 Å². The smallest absolute Gasteiger partial charge is 0.230 e. The van der Waals surface area contributed by atoms with Gasteiger partial charge >= 0.3 is 0 Å². The summed E-state index contributed by atoms with van der Waals surface area (Å²) in [6.07, 6.45) is 0.218. The SMILES string of the molecule is COc1ccc(NC(=O)Cc2csc(SCc3cc(C)ccc3C)n2)c(OC)c1. The predicted octanol–water partition coefficient (Wildman–Crippen LogP) is 5.25. The number of anilines is 1. The van der Waals surface area contributed by atoms with Gasteiger partial charge in [0.05, 0.1) is 32.0 Å². The topological polar surface area (TPSA) is 60.5 Å². The number of hydrogen-bond donors (Lipinski definition) is 1. The zero-order valence-corrected chi connectivity index (χ0v) is 18.6. The first kappa shape index (κ1) is 21.2. The summed E-state index contributed by atoms with van der Waals surface area (Å²) in [5.41, 5.74) is 5.24. The molecule has 1 amide bonds. The molecule has 0 bridgehead atoms. The fourth-order valence-corrected chi connectivity index (χ4v) is 4.70. The van der Waals surface area contributed by atoms with Crippen LogP contribution in [0.15, 0.2) is 46.1 Å². The first-order valence-corrected chi connectivity index (χ1v) is 11.0. The molecule has 5 nitrogen and oxygen atoms in total. The maximum Gasteiger partial charge on any atom is 0.230 e. The molecular weight excluding hydrogens is 404 g/mol. The van der Waals surface area contributed by atoms with Gasteiger partial charge in [-0.1, -0.05) is 35.5 Å². The quantitative estimate of drug-likeness (QED) is 0.497. The van der Waals surface area contributed by atoms with Crippen LogP contribution in [0.25, 0.3) is 0 Å². The van der Waals surface area contributed by atoms with E-state index in [-0.39, 0.29) is 12.3 Å². The molecule has 1 N–H and O–H groups in total. The maximum absolute atomic E-state index is 12.4. The number of nitrogens with one attached hydrogen (secondary N) is 1. The Morgan fingerprint density at radius 1 is 1.14 bits per heavy atom. The number of benzene rings is 2. The summed E-state index contributed by atoms with van der Waals surface area (Å²) in [6.45, 7) is 4.23. The van der Waals surface area contributed by atoms with E-state index in [9.17, 15) is 4.79 Å². The average Bonchev–Trinajstić information content (AvgIpc) is 3.16. The molecule has 2 aromatic carbocycles. The van der Waals surface area contributed by atoms with Gasteiger partial charge in [0.15, 0.2) is 0 Å². The van der Waals surface area contributed by atoms with Gasteiger partial charge in [0.25, 0.3) is 0 Å². The molecule has 0 unspecified atom stereocenters. The van der Waals surface area contributed by atoms with Crippen LogP contribution in [-0.2, 0) is 17.0 Å². The van der Waals surface area contributed by atoms with E-state index < -0.39 is 0 Å². The zero-order valence-electron chi connectivity index (χ0n) is 16.9. The number of nitrogens with zero attached hydrogens (tertiary/aromatic N) is 1. The summed E-state index contributed by atoms with van der Waals surface area (Å²) in [5.74, 6) is 1.96. The standard InChI is InChI=1S/C22H24N2O3S2/c1-14-5-6-15(2)16(9-14)12-28-22-23-17(13-29-22)10-21(25)24-19-8-7-18(26-3)11-20(19)27-4/h5-9,11,13H,10,12H2,1-4H3,(H,24,25). The number of methoxy groups -OCH3 is 2. The highest BCUT2D eigenvalue weighted by atomic mass is 32.2. The average molecular weight is 429 g/mol. The number of aryl methyl sites for hydroxylation is 2. The summed E-state index contributed by atoms with van der Waals surface area (Å²) in [5, 5.41) is 4.82. The van der Waals surface area contributed by atoms with Gasteiger partial charge in [-0.05, 0) is 37.1 Å². The van der Waals surface area contributed by atoms with Crippen molar-refractivity contribution in [2.24, 2.45) is 0 Å². The Hall–Kier alpha value is -2.51. The maximum atomic E-state index is 12.4. The summed E-state index contributed by atoms with van der Waals surface area (Å²) < 4.78 is 11.5. The molecule has 0 spiro atoms. The molecular formula is C22H24N2O3S2. The van der Waals surface area contributed by atoms with Crippen molar-refractivity contribution < 1.29 is 14.3 Å². The Labute approximate surface area is 179 Å². The van der Waals surface area contributed by atoms with E-state index in [0.717, 1.165) is 15.8 Å². The lowest BCUT2D eigenvalue weighted by atomic mass is 10.1. The van der Waals surface area contributed by atoms with Crippen molar-refractivity contribution in [2.75, 3.05) is 19.5 Å². The second-order valence-electron chi connectivity index (χ2n) is 6.61. The van der Waals surface area contributed by atoms with Crippen LogP contribution in [0.2, 0.25) is 0 Å². The van der Waals surface area contributed by atoms with Gasteiger partial charge < -0.3 is 14.8 Å². The molecule has 7 heteroatoms. The van der Waals surface area contributed by atoms with Crippen LogP contribution in [0, 0.1) is 13.8 Å². The van der Waals surface area contributed by atoms with Crippen molar-refractivity contribution in [3.8, 4) is 11.5 Å². The molecule has 3 aromatic rings. The normalized spacial score (nSPS) is 10.6. The first-order valence-electron chi connectivity index (χ1n) is 9.13. The van der Waals surface area contributed by atoms with E-state index in [1.165, 1.54) is 16.7 Å². The van der Waals surface area contributed by atoms with Crippen LogP contribution in [0.4, 0.5) is 5.69 Å². The molecule has 0 saturated heterocycles. The third-order valence-corrected chi connectivity index (χ3v) is 6.53. The van der Waals surface area contributed by atoms with Crippen LogP contribution in [0.1, 0.15) is 22.4 Å². The molecule has 1 heterocycles. The minimum Gasteiger partial charge on any atom is -0.497 e. The van der Waals surface area contributed by atoms with Crippen molar-refractivity contribution in [3.63, 3.8) is 0 Å². The van der Waals surface area contributed by atoms with E-state index in [1.807, 2.05) is 5.38 Å². The van der Waals surface area contributed by atoms with Crippen molar-refractivity contribution >= 4 is 34.7 Å². The number of carbonyl (C=O) groups excluding carboxylic acids is 1. The molecule has 0 radical (unpaired) electrons. The summed E-state index contributed by atoms with van der Waals surface area (Å²) >= 11 is 3.27. The Balaban J connectivity index is 1.58. The lowest BCUT2D eigenvalue weighted by Gasteiger charge is -2.11. The molecule has 29 heavy (non-hydrogen) atoms. The number of amides is 1. The van der Waals surface area contributed by atoms with Crippen molar-refractivity contribution in [3.05, 3.63) is 64.2 Å². The fourth-order valence-electron chi connectivity index (χ4n) is 2.79. The lowest BCUT2D eigenvalue weighted by molar-refractivity contribution is -0.115. The fraction of sp³-hybridized carbons (Fsp3) is 0.273. The van der Waals surface area contributed by atoms with Crippen molar-refractivity contribution in [1.29, 1.82) is 0 Å². The molecule has 0 aliphatic carbocycles. The first-order chi connectivity index (χ1) is 14.0. The Kier molecular flexibility index (Phi) is 7.17. The molecule has 0 fully saturated rings. The second kappa shape index (κ2) is 9.80. The molecule has 152 valence electrons. The van der Waals surface area contributed by atoms with Gasteiger partial charge in [0.1, 0.15) is 15.8 Å². The minimum atomic E-state index is -0.134. The number of ether oxygens (including phenoxy) is 2. The number of aromatic nitrogens is 1. The van der Waals surface area contributed by atoms with Gasteiger partial charge in [-0.15, -0.1) is 11.3 Å². The third-order valence-electron chi connectivity index (χ3n) is 4.41. The van der Waals surface area contributed by atoms with Gasteiger partial charge in [-0.3, -0.25) is 4.79 Å². The third kappa shape index (κ3) is 5.74. The highest BCUT2D eigenvalue weighted by Gasteiger charge is 2.12. The molecule has 0 saturated carbocycles. The van der Waals surface area contributed by atoms with Gasteiger partial charge in [0, 0.05) is 17.2 Å². The number of carbonyl (C=O) groups is 1. The van der Waals surface area contributed by atoms with Crippen molar-refractivity contribution in [1.82, 2.24) is 4.98 Å².